The summed E-state index contributed by atoms with van der Waals surface area (Å²) in [5.41, 5.74) is 0. The van der Waals surface area contributed by atoms with E-state index in [1.165, 1.54) is 11.8 Å². The molecule has 1 rings (SSSR count). The van der Waals surface area contributed by atoms with Gasteiger partial charge in [-0.2, -0.15) is 0 Å². The second kappa shape index (κ2) is 8.00. The van der Waals surface area contributed by atoms with E-state index in [9.17, 15) is 4.79 Å². The number of nitrogens with one attached hydrogen (secondary N) is 1. The summed E-state index contributed by atoms with van der Waals surface area (Å²) in [6, 6.07) is 7.11. The van der Waals surface area contributed by atoms with E-state index in [0.717, 1.165) is 4.90 Å². The molecule has 1 aromatic carbocycles. The standard InChI is InChI=1S/C13H15Cl4NOS/c1-8(2)7-11(19)18-12(13(15,16)17)20-10-5-3-9(14)4-6-10/h3-6,8,12H,7H2,1-2H3,(H,18,19)/t12-/m1/s1. The molecule has 0 spiro atoms. The molecule has 1 aromatic rings. The molecule has 0 saturated heterocycles. The molecule has 1 N–H and O–H groups in total. The highest BCUT2D eigenvalue weighted by molar-refractivity contribution is 8.00. The lowest BCUT2D eigenvalue weighted by Crippen LogP contribution is -2.41. The Balaban J connectivity index is 2.75. The molecule has 0 radical (unpaired) electrons. The average Bonchev–Trinajstić information content (AvgIpc) is 2.28. The number of rotatable bonds is 5. The molecule has 0 bridgehead atoms. The molecule has 0 unspecified atom stereocenters. The van der Waals surface area contributed by atoms with Crippen molar-refractivity contribution >= 4 is 64.1 Å². The van der Waals surface area contributed by atoms with Crippen LogP contribution in [0.3, 0.4) is 0 Å². The molecule has 20 heavy (non-hydrogen) atoms. The highest BCUT2D eigenvalue weighted by Gasteiger charge is 2.34. The van der Waals surface area contributed by atoms with Gasteiger partial charge in [0.2, 0.25) is 9.70 Å². The van der Waals surface area contributed by atoms with E-state index in [1.54, 1.807) is 12.1 Å². The van der Waals surface area contributed by atoms with E-state index in [1.807, 2.05) is 26.0 Å². The van der Waals surface area contributed by atoms with Crippen LogP contribution in [-0.4, -0.2) is 15.1 Å². The van der Waals surface area contributed by atoms with Gasteiger partial charge in [0.25, 0.3) is 0 Å². The molecule has 1 amide bonds. The molecule has 2 nitrogen and oxygen atoms in total. The van der Waals surface area contributed by atoms with E-state index < -0.39 is 9.17 Å². The van der Waals surface area contributed by atoms with Crippen molar-refractivity contribution in [1.82, 2.24) is 5.32 Å². The van der Waals surface area contributed by atoms with Crippen molar-refractivity contribution in [3.63, 3.8) is 0 Å². The number of benzene rings is 1. The lowest BCUT2D eigenvalue weighted by atomic mass is 10.1. The number of carbonyl (C=O) groups is 1. The average molecular weight is 375 g/mol. The van der Waals surface area contributed by atoms with Crippen LogP contribution < -0.4 is 5.32 Å². The minimum atomic E-state index is -1.60. The maximum Gasteiger partial charge on any atom is 0.221 e. The Bertz CT molecular complexity index is 445. The number of carbonyl (C=O) groups excluding carboxylic acids is 1. The van der Waals surface area contributed by atoms with E-state index >= 15 is 0 Å². The highest BCUT2D eigenvalue weighted by atomic mass is 35.6. The zero-order chi connectivity index (χ0) is 15.3. The molecule has 0 aromatic heterocycles. The predicted octanol–water partition coefficient (Wildman–Crippen LogP) is 5.29. The summed E-state index contributed by atoms with van der Waals surface area (Å²) in [5.74, 6) is 0.101. The molecular weight excluding hydrogens is 360 g/mol. The largest absolute Gasteiger partial charge is 0.340 e. The maximum atomic E-state index is 11.8. The molecular formula is C13H15Cl4NOS. The summed E-state index contributed by atoms with van der Waals surface area (Å²) in [6.07, 6.45) is 0.387. The molecule has 0 aliphatic carbocycles. The van der Waals surface area contributed by atoms with Crippen molar-refractivity contribution in [2.75, 3.05) is 0 Å². The number of hydrogen-bond acceptors (Lipinski definition) is 2. The summed E-state index contributed by atoms with van der Waals surface area (Å²) in [6.45, 7) is 3.91. The first kappa shape index (κ1) is 18.2. The summed E-state index contributed by atoms with van der Waals surface area (Å²) in [5, 5.41) is 2.71. The smallest absolute Gasteiger partial charge is 0.221 e. The first-order chi connectivity index (χ1) is 9.18. The second-order valence-corrected chi connectivity index (χ2v) is 8.64. The van der Waals surface area contributed by atoms with Crippen LogP contribution in [0.4, 0.5) is 0 Å². The van der Waals surface area contributed by atoms with Gasteiger partial charge in [-0.1, -0.05) is 72.0 Å². The highest BCUT2D eigenvalue weighted by Crippen LogP contribution is 2.39. The van der Waals surface area contributed by atoms with Crippen LogP contribution in [0.2, 0.25) is 5.02 Å². The first-order valence-electron chi connectivity index (χ1n) is 5.97. The summed E-state index contributed by atoms with van der Waals surface area (Å²) in [4.78, 5) is 12.7. The molecule has 0 heterocycles. The van der Waals surface area contributed by atoms with Crippen molar-refractivity contribution in [3.05, 3.63) is 29.3 Å². The van der Waals surface area contributed by atoms with Gasteiger partial charge in [-0.25, -0.2) is 0 Å². The van der Waals surface area contributed by atoms with Crippen LogP contribution in [0.5, 0.6) is 0 Å². The van der Waals surface area contributed by atoms with Gasteiger partial charge in [-0.15, -0.1) is 0 Å². The maximum absolute atomic E-state index is 11.8. The minimum Gasteiger partial charge on any atom is -0.340 e. The molecule has 7 heteroatoms. The normalized spacial score (nSPS) is 13.3. The topological polar surface area (TPSA) is 29.1 Å². The van der Waals surface area contributed by atoms with E-state index in [4.69, 9.17) is 46.4 Å². The Morgan fingerprint density at radius 3 is 2.25 bits per heavy atom. The van der Waals surface area contributed by atoms with Crippen LogP contribution in [0.1, 0.15) is 20.3 Å². The van der Waals surface area contributed by atoms with Crippen LogP contribution in [0.15, 0.2) is 29.2 Å². The zero-order valence-electron chi connectivity index (χ0n) is 11.0. The SMILES string of the molecule is CC(C)CC(=O)N[C@H](Sc1ccc(Cl)cc1)C(Cl)(Cl)Cl. The third kappa shape index (κ3) is 6.77. The van der Waals surface area contributed by atoms with E-state index in [0.29, 0.717) is 11.4 Å². The number of hydrogen-bond donors (Lipinski definition) is 1. The Hall–Kier alpha value is 0.200. The van der Waals surface area contributed by atoms with E-state index in [-0.39, 0.29) is 11.8 Å². The van der Waals surface area contributed by atoms with Crippen molar-refractivity contribution < 1.29 is 4.79 Å². The van der Waals surface area contributed by atoms with Crippen LogP contribution in [0, 0.1) is 5.92 Å². The summed E-state index contributed by atoms with van der Waals surface area (Å²) < 4.78 is -1.60. The zero-order valence-corrected chi connectivity index (χ0v) is 14.8. The minimum absolute atomic E-state index is 0.141. The van der Waals surface area contributed by atoms with Crippen LogP contribution >= 0.6 is 58.2 Å². The Kier molecular flexibility index (Phi) is 7.30. The molecule has 0 fully saturated rings. The molecule has 1 atom stereocenters. The lowest BCUT2D eigenvalue weighted by molar-refractivity contribution is -0.121. The van der Waals surface area contributed by atoms with Crippen molar-refractivity contribution in [3.8, 4) is 0 Å². The molecule has 0 saturated carbocycles. The molecule has 0 aliphatic rings. The van der Waals surface area contributed by atoms with Gasteiger partial charge in [-0.05, 0) is 30.2 Å². The quantitative estimate of drug-likeness (QED) is 0.431. The third-order valence-corrected chi connectivity index (χ3v) is 4.80. The van der Waals surface area contributed by atoms with Gasteiger partial charge < -0.3 is 5.32 Å². The number of thioether (sulfide) groups is 1. The number of halogens is 4. The third-order valence-electron chi connectivity index (χ3n) is 2.25. The second-order valence-electron chi connectivity index (χ2n) is 4.66. The summed E-state index contributed by atoms with van der Waals surface area (Å²) in [7, 11) is 0. The fourth-order valence-corrected chi connectivity index (χ4v) is 2.98. The number of amides is 1. The first-order valence-corrected chi connectivity index (χ1v) is 8.36. The van der Waals surface area contributed by atoms with Gasteiger partial charge in [0.05, 0.1) is 0 Å². The van der Waals surface area contributed by atoms with Crippen LogP contribution in [-0.2, 0) is 4.79 Å². The van der Waals surface area contributed by atoms with Crippen molar-refractivity contribution in [1.29, 1.82) is 0 Å². The lowest BCUT2D eigenvalue weighted by Gasteiger charge is -2.25. The monoisotopic (exact) mass is 373 g/mol. The fourth-order valence-electron chi connectivity index (χ4n) is 1.40. The van der Waals surface area contributed by atoms with E-state index in [2.05, 4.69) is 5.32 Å². The van der Waals surface area contributed by atoms with Gasteiger partial charge >= 0.3 is 0 Å². The summed E-state index contributed by atoms with van der Waals surface area (Å²) >= 11 is 24.9. The molecule has 0 aliphatic heterocycles. The Morgan fingerprint density at radius 1 is 1.25 bits per heavy atom. The van der Waals surface area contributed by atoms with Gasteiger partial charge in [0.15, 0.2) is 0 Å². The van der Waals surface area contributed by atoms with Gasteiger partial charge in [0, 0.05) is 16.3 Å². The van der Waals surface area contributed by atoms with Crippen molar-refractivity contribution in [2.24, 2.45) is 5.92 Å². The Morgan fingerprint density at radius 2 is 1.80 bits per heavy atom. The van der Waals surface area contributed by atoms with Gasteiger partial charge in [-0.3, -0.25) is 4.79 Å². The van der Waals surface area contributed by atoms with Crippen LogP contribution in [0.25, 0.3) is 0 Å². The van der Waals surface area contributed by atoms with Crippen molar-refractivity contribution in [2.45, 2.75) is 34.3 Å². The predicted molar refractivity (Wildman–Crippen MR) is 89.0 cm³/mol. The fraction of sp³-hybridized carbons (Fsp3) is 0.462. The number of alkyl halides is 3. The molecule has 112 valence electrons. The van der Waals surface area contributed by atoms with Gasteiger partial charge in [0.1, 0.15) is 5.37 Å². The Labute approximate surface area is 143 Å².